The fourth-order valence-corrected chi connectivity index (χ4v) is 2.70. The first-order valence-corrected chi connectivity index (χ1v) is 7.51. The van der Waals surface area contributed by atoms with Gasteiger partial charge in [0.05, 0.1) is 11.9 Å². The van der Waals surface area contributed by atoms with Gasteiger partial charge in [0, 0.05) is 24.2 Å². The van der Waals surface area contributed by atoms with E-state index in [9.17, 15) is 9.59 Å². The molecule has 1 aromatic heterocycles. The molecule has 2 aromatic carbocycles. The number of nitrogens with one attached hydrogen (secondary N) is 1. The molecule has 1 amide bonds. The fourth-order valence-electron chi connectivity index (χ4n) is 2.70. The largest absolute Gasteiger partial charge is 0.359 e. The zero-order valence-corrected chi connectivity index (χ0v) is 13.2. The van der Waals surface area contributed by atoms with Gasteiger partial charge in [-0.2, -0.15) is 0 Å². The summed E-state index contributed by atoms with van der Waals surface area (Å²) < 4.78 is 1.63. The molecule has 3 rings (SSSR count). The second-order valence-electron chi connectivity index (χ2n) is 5.57. The summed E-state index contributed by atoms with van der Waals surface area (Å²) >= 11 is 0. The van der Waals surface area contributed by atoms with Crippen LogP contribution in [0.25, 0.3) is 10.9 Å². The Morgan fingerprint density at radius 2 is 1.83 bits per heavy atom. The third kappa shape index (κ3) is 2.88. The SMILES string of the molecule is CNC(=O)Cc1cn(C(=O)c2ccccc2)c2ccc(C)cc12. The number of nitrogens with zero attached hydrogens (tertiary/aromatic N) is 1. The number of aromatic nitrogens is 1. The van der Waals surface area contributed by atoms with Gasteiger partial charge >= 0.3 is 0 Å². The van der Waals surface area contributed by atoms with Gasteiger partial charge in [0.25, 0.3) is 5.91 Å². The fraction of sp³-hybridized carbons (Fsp3) is 0.158. The average Bonchev–Trinajstić information content (AvgIpc) is 2.92. The summed E-state index contributed by atoms with van der Waals surface area (Å²) in [5.74, 6) is -0.166. The molecule has 0 aliphatic carbocycles. The highest BCUT2D eigenvalue weighted by atomic mass is 16.2. The Labute approximate surface area is 134 Å². The first kappa shape index (κ1) is 15.0. The lowest BCUT2D eigenvalue weighted by molar-refractivity contribution is -0.119. The maximum absolute atomic E-state index is 12.8. The predicted molar refractivity (Wildman–Crippen MR) is 90.6 cm³/mol. The predicted octanol–water partition coefficient (Wildman–Crippen LogP) is 2.93. The van der Waals surface area contributed by atoms with Crippen LogP contribution in [0.5, 0.6) is 0 Å². The molecule has 0 radical (unpaired) electrons. The Balaban J connectivity index is 2.14. The molecule has 0 saturated heterocycles. The number of fused-ring (bicyclic) bond motifs is 1. The lowest BCUT2D eigenvalue weighted by Crippen LogP contribution is -2.19. The highest BCUT2D eigenvalue weighted by Crippen LogP contribution is 2.24. The van der Waals surface area contributed by atoms with E-state index in [1.807, 2.05) is 43.3 Å². The molecule has 116 valence electrons. The molecule has 1 N–H and O–H groups in total. The summed E-state index contributed by atoms with van der Waals surface area (Å²) in [4.78, 5) is 24.5. The number of hydrogen-bond donors (Lipinski definition) is 1. The molecule has 0 aliphatic heterocycles. The molecular weight excluding hydrogens is 288 g/mol. The molecule has 0 bridgehead atoms. The minimum atomic E-state index is -0.0948. The van der Waals surface area contributed by atoms with E-state index in [1.54, 1.807) is 29.9 Å². The minimum Gasteiger partial charge on any atom is -0.359 e. The average molecular weight is 306 g/mol. The van der Waals surface area contributed by atoms with E-state index < -0.39 is 0 Å². The monoisotopic (exact) mass is 306 g/mol. The van der Waals surface area contributed by atoms with Gasteiger partial charge in [0.15, 0.2) is 0 Å². The molecule has 0 aliphatic rings. The summed E-state index contributed by atoms with van der Waals surface area (Å²) in [6, 6.07) is 15.1. The standard InChI is InChI=1S/C19H18N2O2/c1-13-8-9-17-16(10-13)15(11-18(22)20-2)12-21(17)19(23)14-6-4-3-5-7-14/h3-10,12H,11H2,1-2H3,(H,20,22). The number of amides is 1. The maximum Gasteiger partial charge on any atom is 0.262 e. The van der Waals surface area contributed by atoms with Gasteiger partial charge in [-0.05, 0) is 36.8 Å². The molecule has 3 aromatic rings. The molecule has 23 heavy (non-hydrogen) atoms. The van der Waals surface area contributed by atoms with E-state index in [0.717, 1.165) is 22.0 Å². The minimum absolute atomic E-state index is 0.0716. The van der Waals surface area contributed by atoms with Crippen molar-refractivity contribution >= 4 is 22.7 Å². The van der Waals surface area contributed by atoms with E-state index in [1.165, 1.54) is 0 Å². The second-order valence-corrected chi connectivity index (χ2v) is 5.57. The van der Waals surface area contributed by atoms with Gasteiger partial charge in [-0.25, -0.2) is 0 Å². The van der Waals surface area contributed by atoms with Crippen molar-refractivity contribution < 1.29 is 9.59 Å². The van der Waals surface area contributed by atoms with Crippen LogP contribution in [0.1, 0.15) is 21.5 Å². The lowest BCUT2D eigenvalue weighted by atomic mass is 10.1. The van der Waals surface area contributed by atoms with Crippen LogP contribution < -0.4 is 5.32 Å². The molecule has 4 heteroatoms. The van der Waals surface area contributed by atoms with Crippen molar-refractivity contribution in [3.05, 3.63) is 71.4 Å². The van der Waals surface area contributed by atoms with Crippen molar-refractivity contribution in [1.29, 1.82) is 0 Å². The van der Waals surface area contributed by atoms with Crippen LogP contribution >= 0.6 is 0 Å². The number of likely N-dealkylation sites (N-methyl/N-ethyl adjacent to an activating group) is 1. The normalized spacial score (nSPS) is 10.7. The Morgan fingerprint density at radius 1 is 1.09 bits per heavy atom. The van der Waals surface area contributed by atoms with Crippen LogP contribution in [0.15, 0.2) is 54.7 Å². The number of carbonyl (C=O) groups excluding carboxylic acids is 2. The Morgan fingerprint density at radius 3 is 2.52 bits per heavy atom. The second kappa shape index (κ2) is 6.08. The summed E-state index contributed by atoms with van der Waals surface area (Å²) in [5.41, 5.74) is 3.40. The summed E-state index contributed by atoms with van der Waals surface area (Å²) in [6.07, 6.45) is 2.03. The third-order valence-corrected chi connectivity index (χ3v) is 3.91. The van der Waals surface area contributed by atoms with Gasteiger partial charge in [-0.1, -0.05) is 29.8 Å². The zero-order valence-electron chi connectivity index (χ0n) is 13.2. The van der Waals surface area contributed by atoms with Crippen LogP contribution in [0.3, 0.4) is 0 Å². The molecule has 0 atom stereocenters. The molecule has 0 unspecified atom stereocenters. The Bertz CT molecular complexity index is 879. The van der Waals surface area contributed by atoms with Crippen molar-refractivity contribution in [3.63, 3.8) is 0 Å². The number of rotatable bonds is 3. The van der Waals surface area contributed by atoms with E-state index in [2.05, 4.69) is 5.32 Å². The van der Waals surface area contributed by atoms with Crippen molar-refractivity contribution in [1.82, 2.24) is 9.88 Å². The number of carbonyl (C=O) groups is 2. The molecule has 0 saturated carbocycles. The molecule has 0 spiro atoms. The molecular formula is C19H18N2O2. The summed E-state index contributed by atoms with van der Waals surface area (Å²) in [6.45, 7) is 2.00. The molecule has 0 fully saturated rings. The van der Waals surface area contributed by atoms with Crippen molar-refractivity contribution in [2.45, 2.75) is 13.3 Å². The van der Waals surface area contributed by atoms with Crippen molar-refractivity contribution in [2.75, 3.05) is 7.05 Å². The highest BCUT2D eigenvalue weighted by molar-refractivity contribution is 6.03. The van der Waals surface area contributed by atoms with Crippen LogP contribution in [-0.4, -0.2) is 23.4 Å². The smallest absolute Gasteiger partial charge is 0.262 e. The number of hydrogen-bond acceptors (Lipinski definition) is 2. The topological polar surface area (TPSA) is 51.1 Å². The van der Waals surface area contributed by atoms with E-state index >= 15 is 0 Å². The molecule has 1 heterocycles. The third-order valence-electron chi connectivity index (χ3n) is 3.91. The lowest BCUT2D eigenvalue weighted by Gasteiger charge is -2.04. The molecule has 4 nitrogen and oxygen atoms in total. The highest BCUT2D eigenvalue weighted by Gasteiger charge is 2.16. The van der Waals surface area contributed by atoms with Crippen molar-refractivity contribution in [2.24, 2.45) is 0 Å². The van der Waals surface area contributed by atoms with Gasteiger partial charge in [0.1, 0.15) is 0 Å². The maximum atomic E-state index is 12.8. The van der Waals surface area contributed by atoms with Crippen LogP contribution in [0.2, 0.25) is 0 Å². The first-order chi connectivity index (χ1) is 11.1. The van der Waals surface area contributed by atoms with Crippen molar-refractivity contribution in [3.8, 4) is 0 Å². The van der Waals surface area contributed by atoms with Crippen LogP contribution in [0, 0.1) is 6.92 Å². The van der Waals surface area contributed by atoms with E-state index in [0.29, 0.717) is 5.56 Å². The van der Waals surface area contributed by atoms with Gasteiger partial charge < -0.3 is 5.32 Å². The van der Waals surface area contributed by atoms with Gasteiger partial charge in [0.2, 0.25) is 5.91 Å². The van der Waals surface area contributed by atoms with Crippen LogP contribution in [-0.2, 0) is 11.2 Å². The number of aryl methyl sites for hydroxylation is 1. The first-order valence-electron chi connectivity index (χ1n) is 7.51. The number of benzene rings is 2. The van der Waals surface area contributed by atoms with Crippen LogP contribution in [0.4, 0.5) is 0 Å². The van der Waals surface area contributed by atoms with E-state index in [4.69, 9.17) is 0 Å². The quantitative estimate of drug-likeness (QED) is 0.809. The Kier molecular flexibility index (Phi) is 3.98. The van der Waals surface area contributed by atoms with E-state index in [-0.39, 0.29) is 18.2 Å². The zero-order chi connectivity index (χ0) is 16.4. The van der Waals surface area contributed by atoms with Gasteiger partial charge in [-0.3, -0.25) is 14.2 Å². The Hall–Kier alpha value is -2.88. The van der Waals surface area contributed by atoms with Gasteiger partial charge in [-0.15, -0.1) is 0 Å². The summed E-state index contributed by atoms with van der Waals surface area (Å²) in [7, 11) is 1.61. The summed E-state index contributed by atoms with van der Waals surface area (Å²) in [5, 5.41) is 3.57.